The van der Waals surface area contributed by atoms with Gasteiger partial charge in [0.25, 0.3) is 0 Å². The Morgan fingerprint density at radius 3 is 3.00 bits per heavy atom. The van der Waals surface area contributed by atoms with Gasteiger partial charge in [-0.1, -0.05) is 0 Å². The third-order valence-corrected chi connectivity index (χ3v) is 3.12. The number of hydrogen-bond acceptors (Lipinski definition) is 2. The van der Waals surface area contributed by atoms with Crippen LogP contribution in [0.4, 0.5) is 0 Å². The lowest BCUT2D eigenvalue weighted by Crippen LogP contribution is -2.00. The summed E-state index contributed by atoms with van der Waals surface area (Å²) in [6, 6.07) is 4.34. The fourth-order valence-corrected chi connectivity index (χ4v) is 2.56. The van der Waals surface area contributed by atoms with Crippen LogP contribution in [0.25, 0.3) is 10.9 Å². The van der Waals surface area contributed by atoms with E-state index < -0.39 is 0 Å². The first-order valence-corrected chi connectivity index (χ1v) is 5.82. The highest BCUT2D eigenvalue weighted by molar-refractivity contribution is 9.10. The van der Waals surface area contributed by atoms with Gasteiger partial charge >= 0.3 is 0 Å². The third kappa shape index (κ3) is 2.06. The summed E-state index contributed by atoms with van der Waals surface area (Å²) in [7, 11) is 1.95. The number of nitrogens with two attached hydrogens (primary N) is 1. The Hall–Kier alpha value is -0.870. The summed E-state index contributed by atoms with van der Waals surface area (Å²) in [4.78, 5) is 0. The van der Waals surface area contributed by atoms with Crippen LogP contribution in [0.3, 0.4) is 0 Å². The van der Waals surface area contributed by atoms with Gasteiger partial charge in [0.05, 0.1) is 11.7 Å². The molecule has 3 nitrogen and oxygen atoms in total. The number of hydrogen-bond donors (Lipinski definition) is 1. The molecule has 0 saturated carbocycles. The fourth-order valence-electron chi connectivity index (χ4n) is 1.78. The Morgan fingerprint density at radius 2 is 2.27 bits per heavy atom. The summed E-state index contributed by atoms with van der Waals surface area (Å²) < 4.78 is 2.98. The van der Waals surface area contributed by atoms with E-state index >= 15 is 0 Å². The van der Waals surface area contributed by atoms with Gasteiger partial charge in [0.2, 0.25) is 0 Å². The standard InChI is InChI=1S/C11H14BrN3/c1-15-11-9(7-14-15)5-8(3-2-4-13)6-10(11)12/h5-7H,2-4,13H2,1H3. The van der Waals surface area contributed by atoms with Crippen molar-refractivity contribution in [2.45, 2.75) is 12.8 Å². The van der Waals surface area contributed by atoms with Crippen LogP contribution in [0.15, 0.2) is 22.8 Å². The van der Waals surface area contributed by atoms with Crippen LogP contribution in [0.2, 0.25) is 0 Å². The van der Waals surface area contributed by atoms with Crippen molar-refractivity contribution in [3.63, 3.8) is 0 Å². The molecule has 0 atom stereocenters. The second kappa shape index (κ2) is 4.33. The highest BCUT2D eigenvalue weighted by Gasteiger charge is 2.05. The number of aryl methyl sites for hydroxylation is 2. The van der Waals surface area contributed by atoms with Crippen LogP contribution in [0.5, 0.6) is 0 Å². The van der Waals surface area contributed by atoms with Gasteiger partial charge < -0.3 is 5.73 Å². The monoisotopic (exact) mass is 267 g/mol. The summed E-state index contributed by atoms with van der Waals surface area (Å²) in [5.41, 5.74) is 7.96. The second-order valence-electron chi connectivity index (χ2n) is 3.68. The summed E-state index contributed by atoms with van der Waals surface area (Å²) in [5.74, 6) is 0. The smallest absolute Gasteiger partial charge is 0.0821 e. The highest BCUT2D eigenvalue weighted by atomic mass is 79.9. The maximum absolute atomic E-state index is 5.50. The van der Waals surface area contributed by atoms with E-state index in [-0.39, 0.29) is 0 Å². The van der Waals surface area contributed by atoms with Crippen molar-refractivity contribution in [2.24, 2.45) is 12.8 Å². The fraction of sp³-hybridized carbons (Fsp3) is 0.364. The van der Waals surface area contributed by atoms with Gasteiger partial charge in [0.15, 0.2) is 0 Å². The van der Waals surface area contributed by atoms with Crippen LogP contribution in [-0.2, 0) is 13.5 Å². The summed E-state index contributed by atoms with van der Waals surface area (Å²) in [6.45, 7) is 0.739. The lowest BCUT2D eigenvalue weighted by Gasteiger charge is -2.03. The molecule has 0 aliphatic heterocycles. The predicted molar refractivity (Wildman–Crippen MR) is 65.8 cm³/mol. The molecule has 2 rings (SSSR count). The minimum atomic E-state index is 0.739. The van der Waals surface area contributed by atoms with Gasteiger partial charge in [0, 0.05) is 16.9 Å². The second-order valence-corrected chi connectivity index (χ2v) is 4.53. The number of fused-ring (bicyclic) bond motifs is 1. The predicted octanol–water partition coefficient (Wildman–Crippen LogP) is 2.23. The van der Waals surface area contributed by atoms with E-state index in [1.807, 2.05) is 17.9 Å². The van der Waals surface area contributed by atoms with Crippen LogP contribution in [0.1, 0.15) is 12.0 Å². The van der Waals surface area contributed by atoms with E-state index in [2.05, 4.69) is 33.2 Å². The average molecular weight is 268 g/mol. The molecule has 2 aromatic rings. The molecule has 4 heteroatoms. The summed E-state index contributed by atoms with van der Waals surface area (Å²) in [5, 5.41) is 5.42. The van der Waals surface area contributed by atoms with Gasteiger partial charge in [0.1, 0.15) is 0 Å². The molecule has 1 heterocycles. The molecule has 15 heavy (non-hydrogen) atoms. The number of benzene rings is 1. The Kier molecular flexibility index (Phi) is 3.07. The molecular formula is C11H14BrN3. The zero-order valence-corrected chi connectivity index (χ0v) is 10.3. The first-order valence-electron chi connectivity index (χ1n) is 5.02. The van der Waals surface area contributed by atoms with Crippen LogP contribution in [0, 0.1) is 0 Å². The molecule has 1 aromatic carbocycles. The molecule has 0 aliphatic rings. The minimum absolute atomic E-state index is 0.739. The molecule has 0 radical (unpaired) electrons. The van der Waals surface area contributed by atoms with E-state index in [0.29, 0.717) is 0 Å². The molecule has 0 unspecified atom stereocenters. The highest BCUT2D eigenvalue weighted by Crippen LogP contribution is 2.25. The first kappa shape index (κ1) is 10.6. The third-order valence-electron chi connectivity index (χ3n) is 2.52. The van der Waals surface area contributed by atoms with Crippen LogP contribution >= 0.6 is 15.9 Å². The lowest BCUT2D eigenvalue weighted by molar-refractivity contribution is 0.795. The summed E-state index contributed by atoms with van der Waals surface area (Å²) in [6.07, 6.45) is 3.95. The van der Waals surface area contributed by atoms with Gasteiger partial charge in [-0.2, -0.15) is 5.10 Å². The van der Waals surface area contributed by atoms with Crippen molar-refractivity contribution in [1.29, 1.82) is 0 Å². The molecule has 0 fully saturated rings. The van der Waals surface area contributed by atoms with Gasteiger partial charge in [-0.05, 0) is 53.0 Å². The number of halogens is 1. The van der Waals surface area contributed by atoms with Crippen molar-refractivity contribution in [1.82, 2.24) is 9.78 Å². The molecule has 2 N–H and O–H groups in total. The van der Waals surface area contributed by atoms with Crippen molar-refractivity contribution < 1.29 is 0 Å². The number of nitrogens with zero attached hydrogens (tertiary/aromatic N) is 2. The normalized spacial score (nSPS) is 11.1. The topological polar surface area (TPSA) is 43.8 Å². The maximum Gasteiger partial charge on any atom is 0.0821 e. The molecule has 0 bridgehead atoms. The van der Waals surface area contributed by atoms with Crippen molar-refractivity contribution in [3.8, 4) is 0 Å². The number of aromatic nitrogens is 2. The Bertz CT molecular complexity index is 476. The van der Waals surface area contributed by atoms with Crippen molar-refractivity contribution in [3.05, 3.63) is 28.4 Å². The Labute approximate surface area is 97.4 Å². The van der Waals surface area contributed by atoms with Gasteiger partial charge in [-0.3, -0.25) is 4.68 Å². The largest absolute Gasteiger partial charge is 0.330 e. The molecule has 0 aliphatic carbocycles. The van der Waals surface area contributed by atoms with Crippen molar-refractivity contribution >= 4 is 26.8 Å². The van der Waals surface area contributed by atoms with E-state index in [0.717, 1.165) is 29.4 Å². The van der Waals surface area contributed by atoms with Crippen molar-refractivity contribution in [2.75, 3.05) is 6.54 Å². The van der Waals surface area contributed by atoms with Crippen LogP contribution in [-0.4, -0.2) is 16.3 Å². The van der Waals surface area contributed by atoms with Crippen LogP contribution < -0.4 is 5.73 Å². The van der Waals surface area contributed by atoms with Gasteiger partial charge in [-0.25, -0.2) is 0 Å². The number of rotatable bonds is 3. The molecule has 0 saturated heterocycles. The molecular weight excluding hydrogens is 254 g/mol. The molecule has 1 aromatic heterocycles. The molecule has 80 valence electrons. The Morgan fingerprint density at radius 1 is 1.47 bits per heavy atom. The summed E-state index contributed by atoms with van der Waals surface area (Å²) >= 11 is 3.58. The van der Waals surface area contributed by atoms with E-state index in [9.17, 15) is 0 Å². The first-order chi connectivity index (χ1) is 7.22. The Balaban J connectivity index is 2.44. The average Bonchev–Trinajstić information content (AvgIpc) is 2.58. The van der Waals surface area contributed by atoms with Gasteiger partial charge in [-0.15, -0.1) is 0 Å². The zero-order valence-electron chi connectivity index (χ0n) is 8.70. The zero-order chi connectivity index (χ0) is 10.8. The van der Waals surface area contributed by atoms with E-state index in [1.54, 1.807) is 0 Å². The quantitative estimate of drug-likeness (QED) is 0.927. The van der Waals surface area contributed by atoms with E-state index in [1.165, 1.54) is 10.9 Å². The van der Waals surface area contributed by atoms with E-state index in [4.69, 9.17) is 5.73 Å². The minimum Gasteiger partial charge on any atom is -0.330 e. The SMILES string of the molecule is Cn1ncc2cc(CCCN)cc(Br)c21. The molecule has 0 spiro atoms. The molecule has 0 amide bonds. The lowest BCUT2D eigenvalue weighted by atomic mass is 10.1. The maximum atomic E-state index is 5.50.